The second-order valence-electron chi connectivity index (χ2n) is 4.13. The summed E-state index contributed by atoms with van der Waals surface area (Å²) in [5.41, 5.74) is 2.37. The van der Waals surface area contributed by atoms with Crippen LogP contribution in [0.3, 0.4) is 0 Å². The SMILES string of the molecule is CCc1ccccc1N1C(=O)CCC1C. The van der Waals surface area contributed by atoms with Crippen LogP contribution in [-0.2, 0) is 11.2 Å². The molecule has 1 aromatic rings. The molecule has 0 aromatic heterocycles. The van der Waals surface area contributed by atoms with Gasteiger partial charge in [0.25, 0.3) is 0 Å². The third-order valence-corrected chi connectivity index (χ3v) is 3.12. The van der Waals surface area contributed by atoms with E-state index in [0.717, 1.165) is 18.5 Å². The molecule has 1 heterocycles. The van der Waals surface area contributed by atoms with E-state index in [1.807, 2.05) is 17.0 Å². The standard InChI is InChI=1S/C13H17NO/c1-3-11-6-4-5-7-12(11)14-10(2)8-9-13(14)15/h4-7,10H,3,8-9H2,1-2H3. The molecule has 0 saturated carbocycles. The summed E-state index contributed by atoms with van der Waals surface area (Å²) in [6.45, 7) is 4.25. The zero-order valence-corrected chi connectivity index (χ0v) is 9.36. The molecule has 2 rings (SSSR count). The minimum absolute atomic E-state index is 0.267. The molecule has 1 aromatic carbocycles. The number of amides is 1. The van der Waals surface area contributed by atoms with Crippen LogP contribution in [0.2, 0.25) is 0 Å². The molecule has 1 aliphatic rings. The molecule has 0 spiro atoms. The van der Waals surface area contributed by atoms with E-state index < -0.39 is 0 Å². The molecule has 15 heavy (non-hydrogen) atoms. The molecular formula is C13H17NO. The van der Waals surface area contributed by atoms with Gasteiger partial charge in [-0.2, -0.15) is 0 Å². The monoisotopic (exact) mass is 203 g/mol. The number of hydrogen-bond acceptors (Lipinski definition) is 1. The first-order valence-electron chi connectivity index (χ1n) is 5.64. The number of rotatable bonds is 2. The van der Waals surface area contributed by atoms with Gasteiger partial charge in [-0.25, -0.2) is 0 Å². The van der Waals surface area contributed by atoms with Crippen molar-refractivity contribution in [2.45, 2.75) is 39.2 Å². The molecular weight excluding hydrogens is 186 g/mol. The van der Waals surface area contributed by atoms with Gasteiger partial charge < -0.3 is 4.90 Å². The smallest absolute Gasteiger partial charge is 0.227 e. The number of nitrogens with zero attached hydrogens (tertiary/aromatic N) is 1. The normalized spacial score (nSPS) is 21.1. The Morgan fingerprint density at radius 3 is 2.73 bits per heavy atom. The van der Waals surface area contributed by atoms with Gasteiger partial charge in [-0.15, -0.1) is 0 Å². The summed E-state index contributed by atoms with van der Waals surface area (Å²) < 4.78 is 0. The van der Waals surface area contributed by atoms with Gasteiger partial charge >= 0.3 is 0 Å². The third kappa shape index (κ3) is 1.76. The molecule has 80 valence electrons. The summed E-state index contributed by atoms with van der Waals surface area (Å²) in [5, 5.41) is 0. The molecule has 0 bridgehead atoms. The van der Waals surface area contributed by atoms with Crippen molar-refractivity contribution in [3.8, 4) is 0 Å². The van der Waals surface area contributed by atoms with Crippen LogP contribution >= 0.6 is 0 Å². The van der Waals surface area contributed by atoms with Gasteiger partial charge in [-0.05, 0) is 31.4 Å². The number of carbonyl (C=O) groups excluding carboxylic acids is 1. The van der Waals surface area contributed by atoms with E-state index in [4.69, 9.17) is 0 Å². The highest BCUT2D eigenvalue weighted by Crippen LogP contribution is 2.29. The number of hydrogen-bond donors (Lipinski definition) is 0. The molecule has 1 saturated heterocycles. The number of carbonyl (C=O) groups is 1. The zero-order chi connectivity index (χ0) is 10.8. The fraction of sp³-hybridized carbons (Fsp3) is 0.462. The van der Waals surface area contributed by atoms with Gasteiger partial charge in [0.05, 0.1) is 0 Å². The summed E-state index contributed by atoms with van der Waals surface area (Å²) in [7, 11) is 0. The molecule has 0 radical (unpaired) electrons. The van der Waals surface area contributed by atoms with E-state index in [0.29, 0.717) is 12.5 Å². The predicted octanol–water partition coefficient (Wildman–Crippen LogP) is 2.76. The Kier molecular flexibility index (Phi) is 2.76. The lowest BCUT2D eigenvalue weighted by molar-refractivity contribution is -0.117. The Bertz CT molecular complexity index is 373. The van der Waals surface area contributed by atoms with Crippen LogP contribution in [0.15, 0.2) is 24.3 Å². The maximum absolute atomic E-state index is 11.8. The van der Waals surface area contributed by atoms with Crippen LogP contribution in [0.1, 0.15) is 32.3 Å². The van der Waals surface area contributed by atoms with Crippen LogP contribution < -0.4 is 4.90 Å². The van der Waals surface area contributed by atoms with Crippen LogP contribution in [0.25, 0.3) is 0 Å². The average Bonchev–Trinajstić information content (AvgIpc) is 2.59. The number of anilines is 1. The predicted molar refractivity (Wildman–Crippen MR) is 62.0 cm³/mol. The Hall–Kier alpha value is -1.31. The highest BCUT2D eigenvalue weighted by Gasteiger charge is 2.29. The van der Waals surface area contributed by atoms with Gasteiger partial charge in [-0.3, -0.25) is 4.79 Å². The molecule has 0 N–H and O–H groups in total. The summed E-state index contributed by atoms with van der Waals surface area (Å²) >= 11 is 0. The van der Waals surface area contributed by atoms with Crippen molar-refractivity contribution in [1.82, 2.24) is 0 Å². The van der Waals surface area contributed by atoms with Gasteiger partial charge in [-0.1, -0.05) is 25.1 Å². The molecule has 1 atom stereocenters. The van der Waals surface area contributed by atoms with Crippen LogP contribution in [0, 0.1) is 0 Å². The van der Waals surface area contributed by atoms with Crippen molar-refractivity contribution in [2.24, 2.45) is 0 Å². The van der Waals surface area contributed by atoms with Crippen molar-refractivity contribution in [1.29, 1.82) is 0 Å². The number of benzene rings is 1. The zero-order valence-electron chi connectivity index (χ0n) is 9.36. The first-order chi connectivity index (χ1) is 7.24. The number of para-hydroxylation sites is 1. The van der Waals surface area contributed by atoms with Crippen molar-refractivity contribution >= 4 is 11.6 Å². The Balaban J connectivity index is 2.39. The fourth-order valence-electron chi connectivity index (χ4n) is 2.24. The molecule has 1 amide bonds. The second-order valence-corrected chi connectivity index (χ2v) is 4.13. The van der Waals surface area contributed by atoms with Gasteiger partial charge in [0.1, 0.15) is 0 Å². The average molecular weight is 203 g/mol. The van der Waals surface area contributed by atoms with E-state index in [1.54, 1.807) is 0 Å². The molecule has 1 fully saturated rings. The Morgan fingerprint density at radius 2 is 2.13 bits per heavy atom. The van der Waals surface area contributed by atoms with E-state index in [9.17, 15) is 4.79 Å². The first kappa shape index (κ1) is 10.2. The van der Waals surface area contributed by atoms with Gasteiger partial charge in [0, 0.05) is 18.2 Å². The van der Waals surface area contributed by atoms with Crippen LogP contribution in [0.5, 0.6) is 0 Å². The lowest BCUT2D eigenvalue weighted by Gasteiger charge is -2.24. The highest BCUT2D eigenvalue weighted by atomic mass is 16.2. The van der Waals surface area contributed by atoms with Crippen LogP contribution in [0.4, 0.5) is 5.69 Å². The Morgan fingerprint density at radius 1 is 1.40 bits per heavy atom. The van der Waals surface area contributed by atoms with E-state index in [2.05, 4.69) is 26.0 Å². The van der Waals surface area contributed by atoms with Crippen LogP contribution in [-0.4, -0.2) is 11.9 Å². The lowest BCUT2D eigenvalue weighted by Crippen LogP contribution is -2.31. The van der Waals surface area contributed by atoms with Crippen molar-refractivity contribution in [3.63, 3.8) is 0 Å². The number of aryl methyl sites for hydroxylation is 1. The topological polar surface area (TPSA) is 20.3 Å². The summed E-state index contributed by atoms with van der Waals surface area (Å²) in [5.74, 6) is 0.267. The molecule has 1 aliphatic heterocycles. The van der Waals surface area contributed by atoms with E-state index >= 15 is 0 Å². The Labute approximate surface area is 90.9 Å². The van der Waals surface area contributed by atoms with Crippen molar-refractivity contribution in [3.05, 3.63) is 29.8 Å². The molecule has 2 heteroatoms. The van der Waals surface area contributed by atoms with Gasteiger partial charge in [0.15, 0.2) is 0 Å². The second kappa shape index (κ2) is 4.05. The molecule has 2 nitrogen and oxygen atoms in total. The first-order valence-corrected chi connectivity index (χ1v) is 5.64. The lowest BCUT2D eigenvalue weighted by atomic mass is 10.1. The van der Waals surface area contributed by atoms with E-state index in [1.165, 1.54) is 5.56 Å². The minimum atomic E-state index is 0.267. The maximum atomic E-state index is 11.8. The fourth-order valence-corrected chi connectivity index (χ4v) is 2.24. The van der Waals surface area contributed by atoms with Crippen molar-refractivity contribution < 1.29 is 4.79 Å². The summed E-state index contributed by atoms with van der Waals surface area (Å²) in [6, 6.07) is 8.55. The summed E-state index contributed by atoms with van der Waals surface area (Å²) in [4.78, 5) is 13.7. The largest absolute Gasteiger partial charge is 0.309 e. The third-order valence-electron chi connectivity index (χ3n) is 3.12. The quantitative estimate of drug-likeness (QED) is 0.723. The summed E-state index contributed by atoms with van der Waals surface area (Å²) in [6.07, 6.45) is 2.66. The molecule has 1 unspecified atom stereocenters. The van der Waals surface area contributed by atoms with Crippen molar-refractivity contribution in [2.75, 3.05) is 4.90 Å². The van der Waals surface area contributed by atoms with E-state index in [-0.39, 0.29) is 5.91 Å². The minimum Gasteiger partial charge on any atom is -0.309 e. The highest BCUT2D eigenvalue weighted by molar-refractivity contribution is 5.96. The molecule has 0 aliphatic carbocycles. The maximum Gasteiger partial charge on any atom is 0.227 e. The van der Waals surface area contributed by atoms with Gasteiger partial charge in [0.2, 0.25) is 5.91 Å².